The van der Waals surface area contributed by atoms with E-state index >= 15 is 0 Å². The van der Waals surface area contributed by atoms with E-state index in [-0.39, 0.29) is 0 Å². The third-order valence-electron chi connectivity index (χ3n) is 3.22. The number of nitrogens with one attached hydrogen (secondary N) is 1. The monoisotopic (exact) mass is 247 g/mol. The summed E-state index contributed by atoms with van der Waals surface area (Å²) in [5.41, 5.74) is 0.370. The van der Waals surface area contributed by atoms with E-state index in [1.807, 2.05) is 11.8 Å². The van der Waals surface area contributed by atoms with Crippen molar-refractivity contribution in [1.29, 1.82) is 0 Å². The highest BCUT2D eigenvalue weighted by Gasteiger charge is 2.31. The maximum atomic E-state index is 5.66. The van der Waals surface area contributed by atoms with Gasteiger partial charge in [-0.1, -0.05) is 0 Å². The molecule has 1 heterocycles. The highest BCUT2D eigenvalue weighted by Crippen LogP contribution is 2.32. The molecule has 1 rings (SSSR count). The molecular formula is C12H25NO2S. The Balaban J connectivity index is 2.30. The molecule has 1 fully saturated rings. The fourth-order valence-corrected chi connectivity index (χ4v) is 2.82. The van der Waals surface area contributed by atoms with Crippen molar-refractivity contribution in [3.8, 4) is 0 Å². The van der Waals surface area contributed by atoms with E-state index in [1.165, 1.54) is 25.0 Å². The summed E-state index contributed by atoms with van der Waals surface area (Å²) in [6, 6.07) is 0. The standard InChI is InChI=1S/C12H25NO2S/c1-14-8-6-13-10-12(5-9-16-2)4-3-7-15-11-12/h13H,3-11H2,1-2H3. The van der Waals surface area contributed by atoms with Crippen LogP contribution >= 0.6 is 11.8 Å². The zero-order valence-corrected chi connectivity index (χ0v) is 11.4. The van der Waals surface area contributed by atoms with Gasteiger partial charge in [-0.25, -0.2) is 0 Å². The maximum Gasteiger partial charge on any atom is 0.0587 e. The van der Waals surface area contributed by atoms with Gasteiger partial charge in [0.05, 0.1) is 13.2 Å². The fourth-order valence-electron chi connectivity index (χ4n) is 2.18. The number of hydrogen-bond acceptors (Lipinski definition) is 4. The molecule has 1 unspecified atom stereocenters. The summed E-state index contributed by atoms with van der Waals surface area (Å²) in [4.78, 5) is 0. The Morgan fingerprint density at radius 2 is 2.38 bits per heavy atom. The van der Waals surface area contributed by atoms with E-state index in [2.05, 4.69) is 11.6 Å². The minimum atomic E-state index is 0.370. The van der Waals surface area contributed by atoms with Crippen molar-refractivity contribution in [2.45, 2.75) is 19.3 Å². The average Bonchev–Trinajstić information content (AvgIpc) is 2.34. The van der Waals surface area contributed by atoms with Crippen molar-refractivity contribution in [2.24, 2.45) is 5.41 Å². The number of rotatable bonds is 8. The van der Waals surface area contributed by atoms with Crippen LogP contribution in [0.3, 0.4) is 0 Å². The van der Waals surface area contributed by atoms with Crippen LogP contribution < -0.4 is 5.32 Å². The van der Waals surface area contributed by atoms with Crippen LogP contribution in [0.5, 0.6) is 0 Å². The molecule has 3 nitrogen and oxygen atoms in total. The minimum absolute atomic E-state index is 0.370. The normalized spacial score (nSPS) is 25.9. The van der Waals surface area contributed by atoms with Gasteiger partial charge in [0.2, 0.25) is 0 Å². The summed E-state index contributed by atoms with van der Waals surface area (Å²) in [5.74, 6) is 1.23. The highest BCUT2D eigenvalue weighted by atomic mass is 32.2. The summed E-state index contributed by atoms with van der Waals surface area (Å²) in [5, 5.41) is 3.49. The van der Waals surface area contributed by atoms with Crippen LogP contribution in [0.25, 0.3) is 0 Å². The Labute approximate surface area is 104 Å². The van der Waals surface area contributed by atoms with Gasteiger partial charge in [0.25, 0.3) is 0 Å². The molecule has 0 aromatic carbocycles. The van der Waals surface area contributed by atoms with Crippen LogP contribution in [0.1, 0.15) is 19.3 Å². The topological polar surface area (TPSA) is 30.5 Å². The second kappa shape index (κ2) is 8.34. The van der Waals surface area contributed by atoms with Crippen LogP contribution in [0, 0.1) is 5.41 Å². The largest absolute Gasteiger partial charge is 0.383 e. The molecule has 0 radical (unpaired) electrons. The van der Waals surface area contributed by atoms with Gasteiger partial charge in [0.15, 0.2) is 0 Å². The van der Waals surface area contributed by atoms with Gasteiger partial charge in [-0.15, -0.1) is 0 Å². The van der Waals surface area contributed by atoms with E-state index in [4.69, 9.17) is 9.47 Å². The van der Waals surface area contributed by atoms with Crippen molar-refractivity contribution in [3.63, 3.8) is 0 Å². The molecule has 1 N–H and O–H groups in total. The van der Waals surface area contributed by atoms with Gasteiger partial charge in [-0.05, 0) is 31.3 Å². The van der Waals surface area contributed by atoms with Crippen LogP contribution in [-0.4, -0.2) is 52.0 Å². The quantitative estimate of drug-likeness (QED) is 0.662. The van der Waals surface area contributed by atoms with Crippen LogP contribution in [0.2, 0.25) is 0 Å². The Hall–Kier alpha value is 0.230. The summed E-state index contributed by atoms with van der Waals surface area (Å²) in [7, 11) is 1.74. The van der Waals surface area contributed by atoms with Gasteiger partial charge >= 0.3 is 0 Å². The molecule has 4 heteroatoms. The second-order valence-corrected chi connectivity index (χ2v) is 5.55. The predicted octanol–water partition coefficient (Wildman–Crippen LogP) is 1.77. The lowest BCUT2D eigenvalue weighted by Gasteiger charge is -2.37. The molecular weight excluding hydrogens is 222 g/mol. The lowest BCUT2D eigenvalue weighted by Crippen LogP contribution is -2.42. The zero-order chi connectivity index (χ0) is 11.7. The third kappa shape index (κ3) is 5.04. The van der Waals surface area contributed by atoms with Gasteiger partial charge in [-0.3, -0.25) is 0 Å². The summed E-state index contributed by atoms with van der Waals surface area (Å²) >= 11 is 1.93. The lowest BCUT2D eigenvalue weighted by molar-refractivity contribution is -0.00926. The van der Waals surface area contributed by atoms with Crippen molar-refractivity contribution in [1.82, 2.24) is 5.32 Å². The van der Waals surface area contributed by atoms with E-state index in [1.54, 1.807) is 7.11 Å². The first-order valence-electron chi connectivity index (χ1n) is 6.09. The Morgan fingerprint density at radius 3 is 3.00 bits per heavy atom. The Morgan fingerprint density at radius 1 is 1.50 bits per heavy atom. The highest BCUT2D eigenvalue weighted by molar-refractivity contribution is 7.98. The van der Waals surface area contributed by atoms with E-state index in [9.17, 15) is 0 Å². The maximum absolute atomic E-state index is 5.66. The number of methoxy groups -OCH3 is 1. The fraction of sp³-hybridized carbons (Fsp3) is 1.00. The molecule has 0 aromatic heterocycles. The van der Waals surface area contributed by atoms with Crippen LogP contribution in [0.15, 0.2) is 0 Å². The average molecular weight is 247 g/mol. The molecule has 96 valence electrons. The van der Waals surface area contributed by atoms with Crippen LogP contribution in [0.4, 0.5) is 0 Å². The van der Waals surface area contributed by atoms with Gasteiger partial charge in [0.1, 0.15) is 0 Å². The van der Waals surface area contributed by atoms with Crippen LogP contribution in [-0.2, 0) is 9.47 Å². The molecule has 1 atom stereocenters. The molecule has 0 aliphatic carbocycles. The van der Waals surface area contributed by atoms with Crippen molar-refractivity contribution < 1.29 is 9.47 Å². The first-order chi connectivity index (χ1) is 7.83. The summed E-state index contributed by atoms with van der Waals surface area (Å²) in [6.07, 6.45) is 5.94. The molecule has 1 aliphatic heterocycles. The Kier molecular flexibility index (Phi) is 7.45. The summed E-state index contributed by atoms with van der Waals surface area (Å²) < 4.78 is 10.7. The number of ether oxygens (including phenoxy) is 2. The molecule has 0 amide bonds. The summed E-state index contributed by atoms with van der Waals surface area (Å²) in [6.45, 7) is 4.67. The molecule has 1 aliphatic rings. The molecule has 0 aromatic rings. The SMILES string of the molecule is COCCNCC1(CCSC)CCCOC1. The molecule has 16 heavy (non-hydrogen) atoms. The molecule has 0 saturated carbocycles. The zero-order valence-electron chi connectivity index (χ0n) is 10.6. The van der Waals surface area contributed by atoms with Crippen molar-refractivity contribution in [2.75, 3.05) is 52.0 Å². The third-order valence-corrected chi connectivity index (χ3v) is 3.84. The van der Waals surface area contributed by atoms with E-state index < -0.39 is 0 Å². The minimum Gasteiger partial charge on any atom is -0.383 e. The molecule has 0 spiro atoms. The smallest absolute Gasteiger partial charge is 0.0587 e. The Bertz CT molecular complexity index is 172. The van der Waals surface area contributed by atoms with Gasteiger partial charge in [-0.2, -0.15) is 11.8 Å². The van der Waals surface area contributed by atoms with Gasteiger partial charge in [0, 0.05) is 32.2 Å². The van der Waals surface area contributed by atoms with E-state index in [0.29, 0.717) is 5.41 Å². The van der Waals surface area contributed by atoms with Crippen molar-refractivity contribution >= 4 is 11.8 Å². The second-order valence-electron chi connectivity index (χ2n) is 4.57. The first kappa shape index (κ1) is 14.3. The number of thioether (sulfide) groups is 1. The van der Waals surface area contributed by atoms with E-state index in [0.717, 1.165) is 32.9 Å². The lowest BCUT2D eigenvalue weighted by atomic mass is 9.80. The van der Waals surface area contributed by atoms with Crippen molar-refractivity contribution in [3.05, 3.63) is 0 Å². The van der Waals surface area contributed by atoms with Gasteiger partial charge < -0.3 is 14.8 Å². The molecule has 0 bridgehead atoms. The first-order valence-corrected chi connectivity index (χ1v) is 7.49. The number of hydrogen-bond donors (Lipinski definition) is 1. The predicted molar refractivity (Wildman–Crippen MR) is 70.2 cm³/mol. The molecule has 1 saturated heterocycles.